The number of rotatable bonds is 3. The Balaban J connectivity index is 2.37. The van der Waals surface area contributed by atoms with Gasteiger partial charge in [-0.1, -0.05) is 12.1 Å². The Morgan fingerprint density at radius 3 is 2.37 bits per heavy atom. The average molecular weight is 303 g/mol. The third-order valence-electron chi connectivity index (χ3n) is 3.39. The molecule has 1 aromatic rings. The van der Waals surface area contributed by atoms with Crippen molar-refractivity contribution in [1.29, 1.82) is 0 Å². The second kappa shape index (κ2) is 5.69. The Bertz CT molecular complexity index is 537. The molecule has 1 fully saturated rings. The van der Waals surface area contributed by atoms with Gasteiger partial charge in [0.15, 0.2) is 0 Å². The third kappa shape index (κ3) is 3.04. The van der Waals surface area contributed by atoms with Crippen LogP contribution in [0.4, 0.5) is 5.69 Å². The minimum Gasteiger partial charge on any atom is -0.370 e. The molecule has 0 aromatic heterocycles. The van der Waals surface area contributed by atoms with E-state index in [-0.39, 0.29) is 5.38 Å². The molecule has 1 aliphatic heterocycles. The van der Waals surface area contributed by atoms with Crippen molar-refractivity contribution in [1.82, 2.24) is 4.31 Å². The fourth-order valence-corrected chi connectivity index (χ4v) is 3.52. The smallest absolute Gasteiger partial charge is 0.244 e. The molecule has 0 bridgehead atoms. The SMILES string of the molecule is CN(C)S(=O)(=O)c1ccccc1N1CCC(Cl)CC1. The predicted molar refractivity (Wildman–Crippen MR) is 78.4 cm³/mol. The van der Waals surface area contributed by atoms with Crippen LogP contribution in [0.2, 0.25) is 0 Å². The summed E-state index contributed by atoms with van der Waals surface area (Å²) < 4.78 is 25.9. The van der Waals surface area contributed by atoms with Crippen LogP contribution in [-0.2, 0) is 10.0 Å². The fourth-order valence-electron chi connectivity index (χ4n) is 2.22. The quantitative estimate of drug-likeness (QED) is 0.803. The second-order valence-corrected chi connectivity index (χ2v) is 7.65. The first-order chi connectivity index (χ1) is 8.93. The summed E-state index contributed by atoms with van der Waals surface area (Å²) in [4.78, 5) is 2.47. The van der Waals surface area contributed by atoms with Gasteiger partial charge in [0.1, 0.15) is 4.90 Å². The van der Waals surface area contributed by atoms with E-state index in [1.165, 1.54) is 4.31 Å². The normalized spacial score (nSPS) is 18.0. The second-order valence-electron chi connectivity index (χ2n) is 4.92. The van der Waals surface area contributed by atoms with E-state index in [4.69, 9.17) is 11.6 Å². The number of hydrogen-bond acceptors (Lipinski definition) is 3. The number of benzene rings is 1. The number of piperidine rings is 1. The molecule has 0 radical (unpaired) electrons. The lowest BCUT2D eigenvalue weighted by Gasteiger charge is -2.32. The zero-order chi connectivity index (χ0) is 14.0. The van der Waals surface area contributed by atoms with Gasteiger partial charge in [-0.25, -0.2) is 12.7 Å². The van der Waals surface area contributed by atoms with E-state index in [2.05, 4.69) is 4.90 Å². The van der Waals surface area contributed by atoms with E-state index < -0.39 is 10.0 Å². The molecule has 0 N–H and O–H groups in total. The Labute approximate surface area is 120 Å². The molecule has 1 saturated heterocycles. The van der Waals surface area contributed by atoms with E-state index in [1.807, 2.05) is 12.1 Å². The number of para-hydroxylation sites is 1. The summed E-state index contributed by atoms with van der Waals surface area (Å²) in [5.74, 6) is 0. The predicted octanol–water partition coefficient (Wildman–Crippen LogP) is 2.14. The van der Waals surface area contributed by atoms with Crippen LogP contribution in [-0.4, -0.2) is 45.3 Å². The molecule has 19 heavy (non-hydrogen) atoms. The summed E-state index contributed by atoms with van der Waals surface area (Å²) in [6.45, 7) is 1.60. The number of anilines is 1. The molecule has 0 unspecified atom stereocenters. The molecule has 0 atom stereocenters. The lowest BCUT2D eigenvalue weighted by atomic mass is 10.1. The van der Waals surface area contributed by atoms with Crippen molar-refractivity contribution < 1.29 is 8.42 Å². The van der Waals surface area contributed by atoms with Crippen molar-refractivity contribution in [2.45, 2.75) is 23.1 Å². The van der Waals surface area contributed by atoms with Gasteiger partial charge in [-0.15, -0.1) is 11.6 Å². The van der Waals surface area contributed by atoms with Crippen molar-refractivity contribution in [2.24, 2.45) is 0 Å². The highest BCUT2D eigenvalue weighted by Crippen LogP contribution is 2.29. The van der Waals surface area contributed by atoms with Gasteiger partial charge < -0.3 is 4.90 Å². The van der Waals surface area contributed by atoms with Crippen molar-refractivity contribution >= 4 is 27.3 Å². The van der Waals surface area contributed by atoms with E-state index in [0.29, 0.717) is 4.90 Å². The Kier molecular flexibility index (Phi) is 4.38. The van der Waals surface area contributed by atoms with Gasteiger partial charge in [-0.2, -0.15) is 0 Å². The summed E-state index contributed by atoms with van der Waals surface area (Å²) in [5.41, 5.74) is 0.778. The summed E-state index contributed by atoms with van der Waals surface area (Å²) in [5, 5.41) is 0.203. The van der Waals surface area contributed by atoms with Gasteiger partial charge in [0.25, 0.3) is 0 Å². The molecule has 0 saturated carbocycles. The summed E-state index contributed by atoms with van der Waals surface area (Å²) in [6, 6.07) is 7.16. The van der Waals surface area contributed by atoms with Crippen LogP contribution in [0.25, 0.3) is 0 Å². The van der Waals surface area contributed by atoms with E-state index in [1.54, 1.807) is 26.2 Å². The molecule has 106 valence electrons. The largest absolute Gasteiger partial charge is 0.370 e. The van der Waals surface area contributed by atoms with Crippen LogP contribution < -0.4 is 4.90 Å². The summed E-state index contributed by atoms with van der Waals surface area (Å²) >= 11 is 6.10. The first-order valence-electron chi connectivity index (χ1n) is 6.33. The molecule has 6 heteroatoms. The van der Waals surface area contributed by atoms with E-state index in [9.17, 15) is 8.42 Å². The van der Waals surface area contributed by atoms with Gasteiger partial charge >= 0.3 is 0 Å². The van der Waals surface area contributed by atoms with Crippen LogP contribution in [0.5, 0.6) is 0 Å². The van der Waals surface area contributed by atoms with Crippen molar-refractivity contribution in [3.63, 3.8) is 0 Å². The molecular weight excluding hydrogens is 284 g/mol. The lowest BCUT2D eigenvalue weighted by Crippen LogP contribution is -2.35. The van der Waals surface area contributed by atoms with Crippen LogP contribution in [0.3, 0.4) is 0 Å². The van der Waals surface area contributed by atoms with Crippen LogP contribution in [0.1, 0.15) is 12.8 Å². The van der Waals surface area contributed by atoms with Gasteiger partial charge in [0.2, 0.25) is 10.0 Å². The number of alkyl halides is 1. The van der Waals surface area contributed by atoms with Crippen molar-refractivity contribution in [3.8, 4) is 0 Å². The Hall–Kier alpha value is -0.780. The fraction of sp³-hybridized carbons (Fsp3) is 0.538. The topological polar surface area (TPSA) is 40.6 Å². The maximum absolute atomic E-state index is 12.3. The van der Waals surface area contributed by atoms with Gasteiger partial charge in [0, 0.05) is 32.6 Å². The molecule has 0 amide bonds. The third-order valence-corrected chi connectivity index (χ3v) is 5.69. The molecule has 1 aromatic carbocycles. The maximum Gasteiger partial charge on any atom is 0.244 e. The van der Waals surface area contributed by atoms with E-state index >= 15 is 0 Å². The Morgan fingerprint density at radius 1 is 1.21 bits per heavy atom. The van der Waals surface area contributed by atoms with Crippen molar-refractivity contribution in [3.05, 3.63) is 24.3 Å². The number of halogens is 1. The molecule has 0 aliphatic carbocycles. The van der Waals surface area contributed by atoms with Crippen LogP contribution in [0, 0.1) is 0 Å². The lowest BCUT2D eigenvalue weighted by molar-refractivity contribution is 0.519. The Morgan fingerprint density at radius 2 is 1.79 bits per heavy atom. The molecule has 2 rings (SSSR count). The maximum atomic E-state index is 12.3. The summed E-state index contributed by atoms with van der Waals surface area (Å²) in [6.07, 6.45) is 1.77. The molecular formula is C13H19ClN2O2S. The minimum absolute atomic E-state index is 0.203. The molecule has 0 spiro atoms. The highest BCUT2D eigenvalue weighted by Gasteiger charge is 2.25. The molecule has 1 heterocycles. The van der Waals surface area contributed by atoms with Gasteiger partial charge in [-0.05, 0) is 25.0 Å². The van der Waals surface area contributed by atoms with E-state index in [0.717, 1.165) is 31.6 Å². The summed E-state index contributed by atoms with van der Waals surface area (Å²) in [7, 11) is -0.306. The highest BCUT2D eigenvalue weighted by atomic mass is 35.5. The standard InChI is InChI=1S/C13H19ClN2O2S/c1-15(2)19(17,18)13-6-4-3-5-12(13)16-9-7-11(14)8-10-16/h3-6,11H,7-10H2,1-2H3. The number of hydrogen-bond donors (Lipinski definition) is 0. The van der Waals surface area contributed by atoms with Gasteiger partial charge in [-0.3, -0.25) is 0 Å². The van der Waals surface area contributed by atoms with Crippen LogP contribution in [0.15, 0.2) is 29.2 Å². The number of sulfonamides is 1. The monoisotopic (exact) mass is 302 g/mol. The molecule has 4 nitrogen and oxygen atoms in total. The van der Waals surface area contributed by atoms with Gasteiger partial charge in [0.05, 0.1) is 5.69 Å². The zero-order valence-electron chi connectivity index (χ0n) is 11.2. The zero-order valence-corrected chi connectivity index (χ0v) is 12.8. The first-order valence-corrected chi connectivity index (χ1v) is 8.21. The number of nitrogens with zero attached hydrogens (tertiary/aromatic N) is 2. The highest BCUT2D eigenvalue weighted by molar-refractivity contribution is 7.89. The minimum atomic E-state index is -3.41. The molecule has 1 aliphatic rings. The van der Waals surface area contributed by atoms with Crippen molar-refractivity contribution in [2.75, 3.05) is 32.1 Å². The van der Waals surface area contributed by atoms with Crippen LogP contribution >= 0.6 is 11.6 Å². The first kappa shape index (κ1) is 14.6. The average Bonchev–Trinajstić information content (AvgIpc) is 2.39.